The topological polar surface area (TPSA) is 122 Å². The van der Waals surface area contributed by atoms with Crippen molar-refractivity contribution in [2.45, 2.75) is 18.9 Å². The number of benzene rings is 1. The molecule has 28 heavy (non-hydrogen) atoms. The molecule has 1 aromatic carbocycles. The normalized spacial score (nSPS) is 17.3. The third-order valence-electron chi connectivity index (χ3n) is 4.76. The lowest BCUT2D eigenvalue weighted by molar-refractivity contribution is 0.494. The van der Waals surface area contributed by atoms with Crippen molar-refractivity contribution in [3.05, 3.63) is 77.7 Å². The predicted molar refractivity (Wildman–Crippen MR) is 109 cm³/mol. The van der Waals surface area contributed by atoms with Crippen LogP contribution >= 0.6 is 0 Å². The van der Waals surface area contributed by atoms with E-state index in [0.29, 0.717) is 23.9 Å². The summed E-state index contributed by atoms with van der Waals surface area (Å²) in [5.41, 5.74) is 16.5. The molecule has 0 fully saturated rings. The highest BCUT2D eigenvalue weighted by Gasteiger charge is 2.20. The minimum atomic E-state index is 0.0466. The first kappa shape index (κ1) is 17.7. The van der Waals surface area contributed by atoms with Crippen molar-refractivity contribution in [1.82, 2.24) is 25.1 Å². The number of nitrogens with two attached hydrogens (primary N) is 2. The monoisotopic (exact) mass is 374 g/mol. The van der Waals surface area contributed by atoms with Crippen LogP contribution in [0.3, 0.4) is 0 Å². The molecule has 0 saturated carbocycles. The summed E-state index contributed by atoms with van der Waals surface area (Å²) in [6.45, 7) is 0.676. The molecule has 8 heteroatoms. The molecule has 5 N–H and O–H groups in total. The smallest absolute Gasteiger partial charge is 0.196 e. The molecule has 0 spiro atoms. The minimum Gasteiger partial charge on any atom is -0.397 e. The van der Waals surface area contributed by atoms with Crippen molar-refractivity contribution in [2.75, 3.05) is 7.05 Å². The molecule has 2 heterocycles. The van der Waals surface area contributed by atoms with Gasteiger partial charge in [-0.15, -0.1) is 0 Å². The molecular weight excluding hydrogens is 352 g/mol. The molecule has 4 rings (SSSR count). The van der Waals surface area contributed by atoms with Crippen LogP contribution in [0, 0.1) is 0 Å². The van der Waals surface area contributed by atoms with Gasteiger partial charge >= 0.3 is 0 Å². The fraction of sp³-hybridized carbons (Fsp3) is 0.200. The average molecular weight is 374 g/mol. The van der Waals surface area contributed by atoms with E-state index in [1.165, 1.54) is 6.33 Å². The van der Waals surface area contributed by atoms with Gasteiger partial charge in [-0.3, -0.25) is 5.10 Å². The molecule has 142 valence electrons. The SMILES string of the molecule is CN(Cc1ccccc1)C(N)=NC1=CCC(c2ncnc3[nH]ncc23)C=C1N. The van der Waals surface area contributed by atoms with E-state index < -0.39 is 0 Å². The maximum atomic E-state index is 6.27. The van der Waals surface area contributed by atoms with Gasteiger partial charge in [0.2, 0.25) is 0 Å². The molecule has 0 aliphatic heterocycles. The van der Waals surface area contributed by atoms with Crippen LogP contribution < -0.4 is 11.5 Å². The first-order chi connectivity index (χ1) is 13.6. The highest BCUT2D eigenvalue weighted by Crippen LogP contribution is 2.31. The van der Waals surface area contributed by atoms with Crippen molar-refractivity contribution < 1.29 is 0 Å². The van der Waals surface area contributed by atoms with Crippen molar-refractivity contribution in [3.63, 3.8) is 0 Å². The predicted octanol–water partition coefficient (Wildman–Crippen LogP) is 2.01. The van der Waals surface area contributed by atoms with Gasteiger partial charge in [-0.2, -0.15) is 5.10 Å². The number of aromatic nitrogens is 4. The van der Waals surface area contributed by atoms with Crippen molar-refractivity contribution >= 4 is 17.0 Å². The third kappa shape index (κ3) is 3.57. The third-order valence-corrected chi connectivity index (χ3v) is 4.76. The van der Waals surface area contributed by atoms with Gasteiger partial charge in [0.05, 0.1) is 28.7 Å². The number of nitrogens with one attached hydrogen (secondary N) is 1. The van der Waals surface area contributed by atoms with E-state index in [2.05, 4.69) is 37.3 Å². The number of nitrogens with zero attached hydrogens (tertiary/aromatic N) is 5. The van der Waals surface area contributed by atoms with Gasteiger partial charge in [0, 0.05) is 19.5 Å². The van der Waals surface area contributed by atoms with Crippen molar-refractivity contribution in [3.8, 4) is 0 Å². The summed E-state index contributed by atoms with van der Waals surface area (Å²) in [4.78, 5) is 15.0. The van der Waals surface area contributed by atoms with Crippen LogP contribution in [-0.4, -0.2) is 38.1 Å². The summed E-state index contributed by atoms with van der Waals surface area (Å²) >= 11 is 0. The Morgan fingerprint density at radius 3 is 2.89 bits per heavy atom. The zero-order chi connectivity index (χ0) is 19.5. The number of hydrogen-bond acceptors (Lipinski definition) is 5. The summed E-state index contributed by atoms with van der Waals surface area (Å²) in [7, 11) is 1.91. The van der Waals surface area contributed by atoms with E-state index in [9.17, 15) is 0 Å². The Hall–Kier alpha value is -3.68. The van der Waals surface area contributed by atoms with E-state index >= 15 is 0 Å². The maximum absolute atomic E-state index is 6.27. The van der Waals surface area contributed by atoms with Gasteiger partial charge < -0.3 is 16.4 Å². The van der Waals surface area contributed by atoms with Crippen LogP contribution in [0.4, 0.5) is 0 Å². The van der Waals surface area contributed by atoms with E-state index in [0.717, 1.165) is 28.7 Å². The van der Waals surface area contributed by atoms with Gasteiger partial charge in [-0.05, 0) is 18.1 Å². The number of aliphatic imine (C=N–C) groups is 1. The van der Waals surface area contributed by atoms with Crippen molar-refractivity contribution in [1.29, 1.82) is 0 Å². The van der Waals surface area contributed by atoms with Crippen LogP contribution in [0.25, 0.3) is 11.0 Å². The fourth-order valence-electron chi connectivity index (χ4n) is 3.25. The summed E-state index contributed by atoms with van der Waals surface area (Å²) in [6, 6.07) is 10.1. The Kier molecular flexibility index (Phi) is 4.76. The standard InChI is InChI=1S/C20H22N8/c1-28(11-13-5-3-2-4-6-13)20(22)26-17-8-7-14(9-16(17)21)18-15-10-25-27-19(15)24-12-23-18/h2-6,8-10,12,14H,7,11,21H2,1H3,(H2,22,26)(H,23,24,25,27). The number of hydrogen-bond donors (Lipinski definition) is 3. The van der Waals surface area contributed by atoms with Crippen LogP contribution in [0.2, 0.25) is 0 Å². The second-order valence-corrected chi connectivity index (χ2v) is 6.76. The lowest BCUT2D eigenvalue weighted by Crippen LogP contribution is -2.33. The molecule has 1 unspecified atom stereocenters. The van der Waals surface area contributed by atoms with Gasteiger partial charge in [0.25, 0.3) is 0 Å². The maximum Gasteiger partial charge on any atom is 0.196 e. The Labute approximate surface area is 162 Å². The molecule has 1 aliphatic carbocycles. The second-order valence-electron chi connectivity index (χ2n) is 6.76. The summed E-state index contributed by atoms with van der Waals surface area (Å²) in [5, 5.41) is 7.81. The molecule has 2 aromatic heterocycles. The largest absolute Gasteiger partial charge is 0.397 e. The summed E-state index contributed by atoms with van der Waals surface area (Å²) in [6.07, 6.45) is 7.97. The molecular formula is C20H22N8. The Morgan fingerprint density at radius 1 is 1.29 bits per heavy atom. The molecule has 0 bridgehead atoms. The fourth-order valence-corrected chi connectivity index (χ4v) is 3.25. The van der Waals surface area contributed by atoms with Crippen molar-refractivity contribution in [2.24, 2.45) is 16.5 Å². The van der Waals surface area contributed by atoms with Gasteiger partial charge in [-0.1, -0.05) is 36.4 Å². The van der Waals surface area contributed by atoms with E-state index in [1.54, 1.807) is 6.20 Å². The highest BCUT2D eigenvalue weighted by molar-refractivity contribution is 5.80. The first-order valence-electron chi connectivity index (χ1n) is 9.03. The molecule has 3 aromatic rings. The zero-order valence-electron chi connectivity index (χ0n) is 15.6. The lowest BCUT2D eigenvalue weighted by atomic mass is 9.93. The quantitative estimate of drug-likeness (QED) is 0.474. The van der Waals surface area contributed by atoms with Crippen LogP contribution in [0.15, 0.2) is 71.4 Å². The molecule has 8 nitrogen and oxygen atoms in total. The Bertz CT molecular complexity index is 1060. The lowest BCUT2D eigenvalue weighted by Gasteiger charge is -2.21. The summed E-state index contributed by atoms with van der Waals surface area (Å²) < 4.78 is 0. The van der Waals surface area contributed by atoms with Gasteiger partial charge in [-0.25, -0.2) is 15.0 Å². The van der Waals surface area contributed by atoms with Gasteiger partial charge in [0.15, 0.2) is 11.6 Å². The number of aromatic amines is 1. The van der Waals surface area contributed by atoms with E-state index in [-0.39, 0.29) is 5.92 Å². The Morgan fingerprint density at radius 2 is 2.11 bits per heavy atom. The number of fused-ring (bicyclic) bond motifs is 1. The molecule has 1 aliphatic rings. The highest BCUT2D eigenvalue weighted by atomic mass is 15.2. The zero-order valence-corrected chi connectivity index (χ0v) is 15.6. The van der Waals surface area contributed by atoms with Crippen LogP contribution in [-0.2, 0) is 6.54 Å². The average Bonchev–Trinajstić information content (AvgIpc) is 3.19. The summed E-state index contributed by atoms with van der Waals surface area (Å²) in [5.74, 6) is 0.467. The van der Waals surface area contributed by atoms with Crippen LogP contribution in [0.1, 0.15) is 23.6 Å². The number of allylic oxidation sites excluding steroid dienone is 2. The first-order valence-corrected chi connectivity index (χ1v) is 9.03. The second kappa shape index (κ2) is 7.51. The Balaban J connectivity index is 1.50. The molecule has 0 amide bonds. The molecule has 1 atom stereocenters. The van der Waals surface area contributed by atoms with Crippen LogP contribution in [0.5, 0.6) is 0 Å². The molecule has 0 radical (unpaired) electrons. The minimum absolute atomic E-state index is 0.0466. The molecule has 0 saturated heterocycles. The van der Waals surface area contributed by atoms with Gasteiger partial charge in [0.1, 0.15) is 6.33 Å². The number of rotatable bonds is 4. The van der Waals surface area contributed by atoms with E-state index in [1.807, 2.05) is 42.3 Å². The number of guanidine groups is 1. The number of H-pyrrole nitrogens is 1. The van der Waals surface area contributed by atoms with E-state index in [4.69, 9.17) is 11.5 Å².